The summed E-state index contributed by atoms with van der Waals surface area (Å²) in [4.78, 5) is 24.9. The minimum atomic E-state index is -1.23. The lowest BCUT2D eigenvalue weighted by Crippen LogP contribution is -2.08. The summed E-state index contributed by atoms with van der Waals surface area (Å²) in [5, 5.41) is 22.5. The second-order valence-corrected chi connectivity index (χ2v) is 3.97. The molecule has 0 aliphatic heterocycles. The number of benzene rings is 1. The molecule has 0 radical (unpaired) electrons. The van der Waals surface area contributed by atoms with E-state index in [1.807, 2.05) is 30.3 Å². The Morgan fingerprint density at radius 2 is 1.95 bits per heavy atom. The summed E-state index contributed by atoms with van der Waals surface area (Å²) in [6.45, 7) is 0.317. The highest BCUT2D eigenvalue weighted by Gasteiger charge is 2.18. The van der Waals surface area contributed by atoms with Crippen LogP contribution in [0, 0.1) is 10.1 Å². The van der Waals surface area contributed by atoms with Gasteiger partial charge in [0.05, 0.1) is 4.92 Å². The fourth-order valence-corrected chi connectivity index (χ4v) is 1.63. The van der Waals surface area contributed by atoms with Gasteiger partial charge in [-0.3, -0.25) is 10.1 Å². The predicted octanol–water partition coefficient (Wildman–Crippen LogP) is 2.30. The van der Waals surface area contributed by atoms with E-state index in [4.69, 9.17) is 5.11 Å². The van der Waals surface area contributed by atoms with Crippen LogP contribution in [0.1, 0.15) is 16.1 Å². The van der Waals surface area contributed by atoms with E-state index in [0.717, 1.165) is 17.7 Å². The van der Waals surface area contributed by atoms with Gasteiger partial charge in [0.25, 0.3) is 0 Å². The first kappa shape index (κ1) is 13.5. The van der Waals surface area contributed by atoms with Crippen LogP contribution in [0.2, 0.25) is 0 Å². The Kier molecular flexibility index (Phi) is 3.90. The third kappa shape index (κ3) is 3.08. The Hall–Kier alpha value is -2.96. The van der Waals surface area contributed by atoms with Crippen LogP contribution in [-0.2, 0) is 6.54 Å². The van der Waals surface area contributed by atoms with Crippen LogP contribution in [0.4, 0.5) is 11.5 Å². The molecule has 0 amide bonds. The van der Waals surface area contributed by atoms with E-state index in [2.05, 4.69) is 10.3 Å². The number of carboxylic acids is 1. The third-order valence-electron chi connectivity index (χ3n) is 2.59. The molecule has 0 saturated heterocycles. The van der Waals surface area contributed by atoms with Crippen LogP contribution in [0.5, 0.6) is 0 Å². The van der Waals surface area contributed by atoms with E-state index >= 15 is 0 Å². The Labute approximate surface area is 114 Å². The number of carboxylic acid groups (broad SMARTS) is 1. The first-order chi connectivity index (χ1) is 9.58. The molecule has 7 heteroatoms. The maximum atomic E-state index is 10.9. The molecular formula is C13H11N3O4. The topological polar surface area (TPSA) is 105 Å². The fourth-order valence-electron chi connectivity index (χ4n) is 1.63. The Morgan fingerprint density at radius 3 is 2.55 bits per heavy atom. The first-order valence-electron chi connectivity index (χ1n) is 5.74. The number of hydrogen-bond donors (Lipinski definition) is 2. The van der Waals surface area contributed by atoms with Gasteiger partial charge in [0.2, 0.25) is 5.82 Å². The number of carbonyl (C=O) groups is 1. The molecular weight excluding hydrogens is 262 g/mol. The largest absolute Gasteiger partial charge is 0.477 e. The normalized spacial score (nSPS) is 10.0. The Balaban J connectivity index is 2.26. The molecule has 2 aromatic rings. The zero-order valence-electron chi connectivity index (χ0n) is 10.3. The van der Waals surface area contributed by atoms with Crippen molar-refractivity contribution in [2.45, 2.75) is 6.54 Å². The fraction of sp³-hybridized carbons (Fsp3) is 0.0769. The van der Waals surface area contributed by atoms with Crippen molar-refractivity contribution in [3.05, 3.63) is 63.8 Å². The van der Waals surface area contributed by atoms with Crippen molar-refractivity contribution in [3.63, 3.8) is 0 Å². The summed E-state index contributed by atoms with van der Waals surface area (Å²) in [7, 11) is 0. The van der Waals surface area contributed by atoms with E-state index in [1.165, 1.54) is 0 Å². The number of nitro groups is 1. The summed E-state index contributed by atoms with van der Waals surface area (Å²) in [6.07, 6.45) is 0. The van der Waals surface area contributed by atoms with Gasteiger partial charge in [-0.25, -0.2) is 9.78 Å². The molecule has 20 heavy (non-hydrogen) atoms. The highest BCUT2D eigenvalue weighted by Crippen LogP contribution is 2.22. The van der Waals surface area contributed by atoms with Gasteiger partial charge in [-0.1, -0.05) is 30.3 Å². The van der Waals surface area contributed by atoms with Crippen LogP contribution in [-0.4, -0.2) is 21.0 Å². The average molecular weight is 273 g/mol. The zero-order chi connectivity index (χ0) is 14.5. The van der Waals surface area contributed by atoms with Crippen molar-refractivity contribution in [1.29, 1.82) is 0 Å². The summed E-state index contributed by atoms with van der Waals surface area (Å²) in [5.74, 6) is -1.29. The van der Waals surface area contributed by atoms with Crippen molar-refractivity contribution in [2.75, 3.05) is 5.32 Å². The van der Waals surface area contributed by atoms with Crippen LogP contribution in [0.15, 0.2) is 42.5 Å². The van der Waals surface area contributed by atoms with Gasteiger partial charge < -0.3 is 10.4 Å². The summed E-state index contributed by atoms with van der Waals surface area (Å²) < 4.78 is 0. The van der Waals surface area contributed by atoms with Crippen molar-refractivity contribution in [3.8, 4) is 0 Å². The minimum Gasteiger partial charge on any atom is -0.477 e. The van der Waals surface area contributed by atoms with E-state index in [1.54, 1.807) is 0 Å². The molecule has 0 unspecified atom stereocenters. The van der Waals surface area contributed by atoms with Crippen LogP contribution < -0.4 is 5.32 Å². The van der Waals surface area contributed by atoms with E-state index < -0.39 is 10.9 Å². The molecule has 1 aromatic carbocycles. The monoisotopic (exact) mass is 273 g/mol. The molecule has 102 valence electrons. The minimum absolute atomic E-state index is 0.0567. The van der Waals surface area contributed by atoms with Crippen LogP contribution in [0.3, 0.4) is 0 Å². The second kappa shape index (κ2) is 5.79. The lowest BCUT2D eigenvalue weighted by Gasteiger charge is -2.07. The quantitative estimate of drug-likeness (QED) is 0.639. The maximum Gasteiger partial charge on any atom is 0.354 e. The molecule has 1 aromatic heterocycles. The molecule has 0 aliphatic rings. The van der Waals surface area contributed by atoms with Crippen molar-refractivity contribution >= 4 is 17.5 Å². The lowest BCUT2D eigenvalue weighted by molar-refractivity contribution is -0.384. The summed E-state index contributed by atoms with van der Waals surface area (Å²) in [5.41, 5.74) is 0.404. The number of aromatic nitrogens is 1. The maximum absolute atomic E-state index is 10.9. The van der Waals surface area contributed by atoms with Gasteiger partial charge in [-0.2, -0.15) is 0 Å². The Morgan fingerprint density at radius 1 is 1.25 bits per heavy atom. The number of nitrogens with one attached hydrogen (secondary N) is 1. The van der Waals surface area contributed by atoms with E-state index in [-0.39, 0.29) is 17.2 Å². The SMILES string of the molecule is O=C(O)c1ccc([N+](=O)[O-])c(NCc2ccccc2)n1. The van der Waals surface area contributed by atoms with Gasteiger partial charge in [-0.05, 0) is 11.6 Å². The lowest BCUT2D eigenvalue weighted by atomic mass is 10.2. The van der Waals surface area contributed by atoms with Gasteiger partial charge in [-0.15, -0.1) is 0 Å². The van der Waals surface area contributed by atoms with Crippen molar-refractivity contribution in [2.24, 2.45) is 0 Å². The van der Waals surface area contributed by atoms with Crippen molar-refractivity contribution < 1.29 is 14.8 Å². The van der Waals surface area contributed by atoms with E-state index in [9.17, 15) is 14.9 Å². The smallest absolute Gasteiger partial charge is 0.354 e. The number of pyridine rings is 1. The standard InChI is InChI=1S/C13H11N3O4/c17-13(18)10-6-7-11(16(19)20)12(15-10)14-8-9-4-2-1-3-5-9/h1-7H,8H2,(H,14,15)(H,17,18). The third-order valence-corrected chi connectivity index (χ3v) is 2.59. The molecule has 0 spiro atoms. The number of anilines is 1. The highest BCUT2D eigenvalue weighted by molar-refractivity contribution is 5.86. The number of rotatable bonds is 5. The van der Waals surface area contributed by atoms with Gasteiger partial charge >= 0.3 is 11.7 Å². The molecule has 1 heterocycles. The molecule has 0 atom stereocenters. The first-order valence-corrected chi connectivity index (χ1v) is 5.74. The zero-order valence-corrected chi connectivity index (χ0v) is 10.3. The summed E-state index contributed by atoms with van der Waals surface area (Å²) >= 11 is 0. The average Bonchev–Trinajstić information content (AvgIpc) is 2.45. The Bertz CT molecular complexity index is 643. The number of hydrogen-bond acceptors (Lipinski definition) is 5. The van der Waals surface area contributed by atoms with Crippen molar-refractivity contribution in [1.82, 2.24) is 4.98 Å². The molecule has 2 rings (SSSR count). The van der Waals surface area contributed by atoms with Gasteiger partial charge in [0, 0.05) is 12.6 Å². The molecule has 2 N–H and O–H groups in total. The second-order valence-electron chi connectivity index (χ2n) is 3.97. The van der Waals surface area contributed by atoms with Gasteiger partial charge in [0.15, 0.2) is 5.69 Å². The molecule has 0 fully saturated rings. The van der Waals surface area contributed by atoms with Crippen LogP contribution in [0.25, 0.3) is 0 Å². The predicted molar refractivity (Wildman–Crippen MR) is 71.6 cm³/mol. The van der Waals surface area contributed by atoms with Crippen LogP contribution >= 0.6 is 0 Å². The number of aromatic carboxylic acids is 1. The molecule has 7 nitrogen and oxygen atoms in total. The summed E-state index contributed by atoms with van der Waals surface area (Å²) in [6, 6.07) is 11.5. The highest BCUT2D eigenvalue weighted by atomic mass is 16.6. The molecule has 0 saturated carbocycles. The van der Waals surface area contributed by atoms with Gasteiger partial charge in [0.1, 0.15) is 0 Å². The number of nitrogens with zero attached hydrogens (tertiary/aromatic N) is 2. The molecule has 0 bridgehead atoms. The van der Waals surface area contributed by atoms with E-state index in [0.29, 0.717) is 6.54 Å². The molecule has 0 aliphatic carbocycles.